The van der Waals surface area contributed by atoms with Crippen molar-refractivity contribution in [3.05, 3.63) is 65.5 Å². The molecule has 4 N–H and O–H groups in total. The third kappa shape index (κ3) is 3.51. The highest BCUT2D eigenvalue weighted by molar-refractivity contribution is 7.17. The third-order valence-electron chi connectivity index (χ3n) is 4.89. The van der Waals surface area contributed by atoms with Crippen LogP contribution in [0.2, 0.25) is 0 Å². The number of phenolic OH excluding ortho intramolecular Hbond substituents is 1. The second-order valence-corrected chi connectivity index (χ2v) is 8.81. The third-order valence-corrected chi connectivity index (χ3v) is 6.56. The number of thiophene rings is 1. The van der Waals surface area contributed by atoms with Gasteiger partial charge in [0.05, 0.1) is 27.6 Å². The first-order valence-electron chi connectivity index (χ1n) is 9.69. The molecule has 8 nitrogen and oxygen atoms in total. The molecule has 32 heavy (non-hydrogen) atoms. The lowest BCUT2D eigenvalue weighted by Gasteiger charge is -2.09. The summed E-state index contributed by atoms with van der Waals surface area (Å²) in [6.07, 6.45) is 1.79. The molecule has 0 saturated carbocycles. The molecule has 6 rings (SSSR count). The highest BCUT2D eigenvalue weighted by Crippen LogP contribution is 2.32. The van der Waals surface area contributed by atoms with Crippen molar-refractivity contribution in [1.29, 1.82) is 0 Å². The number of aromatic hydroxyl groups is 1. The molecule has 0 aliphatic rings. The molecular weight excluding hydrogens is 442 g/mol. The zero-order chi connectivity index (χ0) is 21.5. The summed E-state index contributed by atoms with van der Waals surface area (Å²) in [7, 11) is 0. The van der Waals surface area contributed by atoms with Crippen molar-refractivity contribution < 1.29 is 5.11 Å². The van der Waals surface area contributed by atoms with Gasteiger partial charge in [-0.25, -0.2) is 9.97 Å². The van der Waals surface area contributed by atoms with E-state index in [1.165, 1.54) is 11.3 Å². The standard InChI is InChI=1S/C22H15N7OS2/c30-15-4-1-12(2-5-15)18-11-32-22(26-18)28-21-25-17-7-8-31-19(17)20(27-21)24-14-3-6-16-13(9-14)10-23-29-16/h1-11,30H,(H,23,29)(H2,24,25,26,27,28). The fourth-order valence-corrected chi connectivity index (χ4v) is 4.84. The van der Waals surface area contributed by atoms with Crippen LogP contribution in [0.3, 0.4) is 0 Å². The summed E-state index contributed by atoms with van der Waals surface area (Å²) >= 11 is 3.06. The number of thiazole rings is 1. The second kappa shape index (κ2) is 7.59. The van der Waals surface area contributed by atoms with Crippen LogP contribution < -0.4 is 10.6 Å². The van der Waals surface area contributed by atoms with E-state index in [-0.39, 0.29) is 5.75 Å². The molecular formula is C22H15N7OS2. The number of nitrogens with zero attached hydrogens (tertiary/aromatic N) is 4. The van der Waals surface area contributed by atoms with Gasteiger partial charge in [-0.3, -0.25) is 10.4 Å². The van der Waals surface area contributed by atoms with Gasteiger partial charge in [0.2, 0.25) is 5.95 Å². The largest absolute Gasteiger partial charge is 0.508 e. The molecule has 0 fully saturated rings. The van der Waals surface area contributed by atoms with Gasteiger partial charge in [-0.1, -0.05) is 0 Å². The Morgan fingerprint density at radius 2 is 1.81 bits per heavy atom. The Morgan fingerprint density at radius 3 is 2.72 bits per heavy atom. The van der Waals surface area contributed by atoms with Crippen LogP contribution in [0.1, 0.15) is 0 Å². The molecule has 10 heteroatoms. The molecule has 156 valence electrons. The monoisotopic (exact) mass is 457 g/mol. The lowest BCUT2D eigenvalue weighted by atomic mass is 10.2. The van der Waals surface area contributed by atoms with E-state index in [4.69, 9.17) is 4.98 Å². The minimum Gasteiger partial charge on any atom is -0.508 e. The minimum atomic E-state index is 0.228. The molecule has 4 heterocycles. The molecule has 4 aromatic heterocycles. The normalized spacial score (nSPS) is 11.2. The number of hydrogen-bond donors (Lipinski definition) is 4. The van der Waals surface area contributed by atoms with E-state index in [1.54, 1.807) is 29.7 Å². The van der Waals surface area contributed by atoms with Crippen molar-refractivity contribution in [2.75, 3.05) is 10.6 Å². The van der Waals surface area contributed by atoms with Crippen molar-refractivity contribution >= 4 is 66.4 Å². The van der Waals surface area contributed by atoms with Gasteiger partial charge in [0.25, 0.3) is 0 Å². The summed E-state index contributed by atoms with van der Waals surface area (Å²) < 4.78 is 0.978. The summed E-state index contributed by atoms with van der Waals surface area (Å²) in [6.45, 7) is 0. The Kier molecular flexibility index (Phi) is 4.44. The first-order chi connectivity index (χ1) is 15.7. The quantitative estimate of drug-likeness (QED) is 0.256. The van der Waals surface area contributed by atoms with E-state index < -0.39 is 0 Å². The Bertz CT molecular complexity index is 1550. The number of anilines is 4. The van der Waals surface area contributed by atoms with Crippen LogP contribution in [-0.4, -0.2) is 30.3 Å². The number of benzene rings is 2. The van der Waals surface area contributed by atoms with Crippen LogP contribution in [0.25, 0.3) is 32.4 Å². The molecule has 0 radical (unpaired) electrons. The molecule has 0 aliphatic carbocycles. The Labute approximate surface area is 189 Å². The Morgan fingerprint density at radius 1 is 0.906 bits per heavy atom. The molecule has 6 aromatic rings. The van der Waals surface area contributed by atoms with E-state index >= 15 is 0 Å². The first-order valence-corrected chi connectivity index (χ1v) is 11.4. The summed E-state index contributed by atoms with van der Waals surface area (Å²) in [6, 6.07) is 14.9. The summed E-state index contributed by atoms with van der Waals surface area (Å²) in [5.41, 5.74) is 4.51. The van der Waals surface area contributed by atoms with E-state index in [9.17, 15) is 5.11 Å². The topological polar surface area (TPSA) is 112 Å². The van der Waals surface area contributed by atoms with Crippen LogP contribution in [0, 0.1) is 0 Å². The van der Waals surface area contributed by atoms with E-state index in [1.807, 2.05) is 47.2 Å². The van der Waals surface area contributed by atoms with Crippen molar-refractivity contribution in [2.45, 2.75) is 0 Å². The van der Waals surface area contributed by atoms with Gasteiger partial charge in [0.15, 0.2) is 10.9 Å². The van der Waals surface area contributed by atoms with Crippen molar-refractivity contribution in [3.63, 3.8) is 0 Å². The maximum atomic E-state index is 9.49. The Hall–Kier alpha value is -4.02. The van der Waals surface area contributed by atoms with Crippen LogP contribution in [0.15, 0.2) is 65.5 Å². The van der Waals surface area contributed by atoms with Crippen LogP contribution in [0.5, 0.6) is 5.75 Å². The maximum Gasteiger partial charge on any atom is 0.231 e. The zero-order valence-electron chi connectivity index (χ0n) is 16.4. The fourth-order valence-electron chi connectivity index (χ4n) is 3.35. The van der Waals surface area contributed by atoms with Gasteiger partial charge < -0.3 is 10.4 Å². The van der Waals surface area contributed by atoms with Gasteiger partial charge in [0.1, 0.15) is 5.75 Å². The predicted octanol–water partition coefficient (Wildman–Crippen LogP) is 5.88. The SMILES string of the molecule is Oc1ccc(-c2csc(Nc3nc(Nc4ccc5[nH]ncc5c4)c4sccc4n3)n2)cc1. The highest BCUT2D eigenvalue weighted by Gasteiger charge is 2.12. The summed E-state index contributed by atoms with van der Waals surface area (Å²) in [5, 5.41) is 28.8. The van der Waals surface area contributed by atoms with E-state index in [0.717, 1.165) is 43.9 Å². The number of fused-ring (bicyclic) bond motifs is 2. The van der Waals surface area contributed by atoms with Crippen molar-refractivity contribution in [2.24, 2.45) is 0 Å². The molecule has 0 bridgehead atoms. The minimum absolute atomic E-state index is 0.228. The van der Waals surface area contributed by atoms with Crippen molar-refractivity contribution in [3.8, 4) is 17.0 Å². The molecule has 0 saturated heterocycles. The lowest BCUT2D eigenvalue weighted by Crippen LogP contribution is -2.01. The Balaban J connectivity index is 1.31. The maximum absolute atomic E-state index is 9.49. The molecule has 0 atom stereocenters. The van der Waals surface area contributed by atoms with Crippen LogP contribution >= 0.6 is 22.7 Å². The van der Waals surface area contributed by atoms with E-state index in [0.29, 0.717) is 11.1 Å². The molecule has 0 amide bonds. The number of hydrogen-bond acceptors (Lipinski definition) is 9. The summed E-state index contributed by atoms with van der Waals surface area (Å²) in [4.78, 5) is 14.0. The predicted molar refractivity (Wildman–Crippen MR) is 129 cm³/mol. The summed E-state index contributed by atoms with van der Waals surface area (Å²) in [5.74, 6) is 1.42. The lowest BCUT2D eigenvalue weighted by molar-refractivity contribution is 0.475. The smallest absolute Gasteiger partial charge is 0.231 e. The number of nitrogens with one attached hydrogen (secondary N) is 3. The van der Waals surface area contributed by atoms with Gasteiger partial charge >= 0.3 is 0 Å². The number of aromatic amines is 1. The van der Waals surface area contributed by atoms with Crippen LogP contribution in [-0.2, 0) is 0 Å². The first kappa shape index (κ1) is 18.7. The van der Waals surface area contributed by atoms with Crippen LogP contribution in [0.4, 0.5) is 22.6 Å². The zero-order valence-corrected chi connectivity index (χ0v) is 18.0. The average molecular weight is 458 g/mol. The number of rotatable bonds is 5. The highest BCUT2D eigenvalue weighted by atomic mass is 32.1. The molecule has 2 aromatic carbocycles. The number of H-pyrrole nitrogens is 1. The fraction of sp³-hybridized carbons (Fsp3) is 0. The molecule has 0 unspecified atom stereocenters. The van der Waals surface area contributed by atoms with Gasteiger partial charge in [0, 0.05) is 22.0 Å². The van der Waals surface area contributed by atoms with E-state index in [2.05, 4.69) is 30.8 Å². The number of phenols is 1. The molecule has 0 spiro atoms. The van der Waals surface area contributed by atoms with Crippen molar-refractivity contribution in [1.82, 2.24) is 25.1 Å². The second-order valence-electron chi connectivity index (χ2n) is 7.04. The van der Waals surface area contributed by atoms with Gasteiger partial charge in [-0.05, 0) is 53.9 Å². The van der Waals surface area contributed by atoms with Gasteiger partial charge in [-0.15, -0.1) is 22.7 Å². The average Bonchev–Trinajstić information content (AvgIpc) is 3.55. The number of aromatic nitrogens is 5. The molecule has 0 aliphatic heterocycles. The van der Waals surface area contributed by atoms with Gasteiger partial charge in [-0.2, -0.15) is 10.1 Å².